The van der Waals surface area contributed by atoms with E-state index in [0.29, 0.717) is 6.42 Å². The molecular formula is C6H11Br3O3. The molecule has 0 rings (SSSR count). The lowest BCUT2D eigenvalue weighted by molar-refractivity contribution is -0.313. The molecule has 0 aromatic heterocycles. The van der Waals surface area contributed by atoms with E-state index in [4.69, 9.17) is 15.3 Å². The van der Waals surface area contributed by atoms with Crippen LogP contribution in [-0.4, -0.2) is 29.4 Å². The first kappa shape index (κ1) is 13.3. The topological polar surface area (TPSA) is 60.7 Å². The van der Waals surface area contributed by atoms with Gasteiger partial charge in [-0.2, -0.15) is 0 Å². The number of aliphatic hydroxyl groups is 3. The highest BCUT2D eigenvalue weighted by atomic mass is 79.9. The lowest BCUT2D eigenvalue weighted by Crippen LogP contribution is -2.50. The summed E-state index contributed by atoms with van der Waals surface area (Å²) in [6.07, 6.45) is 1.56. The van der Waals surface area contributed by atoms with Gasteiger partial charge in [0.15, 0.2) is 3.23 Å². The van der Waals surface area contributed by atoms with Crippen LogP contribution in [0.1, 0.15) is 19.8 Å². The van der Waals surface area contributed by atoms with Gasteiger partial charge in [0.05, 0.1) is 0 Å². The zero-order valence-electron chi connectivity index (χ0n) is 6.47. The van der Waals surface area contributed by atoms with Crippen LogP contribution in [0.2, 0.25) is 0 Å². The third-order valence-corrected chi connectivity index (χ3v) is 5.93. The smallest absolute Gasteiger partial charge is 0.303 e. The minimum Gasteiger partial charge on any atom is -0.342 e. The van der Waals surface area contributed by atoms with E-state index in [0.717, 1.165) is 6.42 Å². The molecular weight excluding hydrogens is 360 g/mol. The van der Waals surface area contributed by atoms with Gasteiger partial charge >= 0.3 is 5.97 Å². The number of hydrogen-bond acceptors (Lipinski definition) is 3. The van der Waals surface area contributed by atoms with Gasteiger partial charge in [0.2, 0.25) is 0 Å². The van der Waals surface area contributed by atoms with Gasteiger partial charge in [0, 0.05) is 4.83 Å². The maximum atomic E-state index is 8.93. The molecule has 0 aliphatic heterocycles. The molecule has 0 radical (unpaired) electrons. The van der Waals surface area contributed by atoms with Gasteiger partial charge in [0.1, 0.15) is 0 Å². The van der Waals surface area contributed by atoms with Crippen LogP contribution in [0.4, 0.5) is 0 Å². The van der Waals surface area contributed by atoms with Crippen LogP contribution in [0.3, 0.4) is 0 Å². The van der Waals surface area contributed by atoms with E-state index in [-0.39, 0.29) is 4.83 Å². The molecule has 3 nitrogen and oxygen atoms in total. The van der Waals surface area contributed by atoms with Crippen molar-refractivity contribution in [2.45, 2.75) is 33.8 Å². The molecule has 1 unspecified atom stereocenters. The van der Waals surface area contributed by atoms with Crippen molar-refractivity contribution in [2.24, 2.45) is 0 Å². The second-order valence-electron chi connectivity index (χ2n) is 2.51. The van der Waals surface area contributed by atoms with E-state index in [1.54, 1.807) is 0 Å². The molecule has 0 saturated carbocycles. The molecule has 74 valence electrons. The highest BCUT2D eigenvalue weighted by Gasteiger charge is 2.49. The second-order valence-corrected chi connectivity index (χ2v) is 7.19. The molecule has 0 spiro atoms. The molecule has 0 aliphatic rings. The van der Waals surface area contributed by atoms with Gasteiger partial charge in [-0.25, -0.2) is 0 Å². The molecule has 12 heavy (non-hydrogen) atoms. The quantitative estimate of drug-likeness (QED) is 0.521. The third-order valence-electron chi connectivity index (χ3n) is 1.38. The van der Waals surface area contributed by atoms with E-state index in [9.17, 15) is 0 Å². The molecule has 0 aromatic rings. The van der Waals surface area contributed by atoms with Crippen molar-refractivity contribution in [3.8, 4) is 0 Å². The van der Waals surface area contributed by atoms with Crippen molar-refractivity contribution >= 4 is 47.8 Å². The van der Waals surface area contributed by atoms with Crippen molar-refractivity contribution in [2.75, 3.05) is 0 Å². The Morgan fingerprint density at radius 1 is 1.25 bits per heavy atom. The number of alkyl halides is 3. The Labute approximate surface area is 96.5 Å². The molecule has 0 amide bonds. The van der Waals surface area contributed by atoms with Crippen LogP contribution in [0, 0.1) is 0 Å². The van der Waals surface area contributed by atoms with Crippen molar-refractivity contribution in [1.29, 1.82) is 0 Å². The van der Waals surface area contributed by atoms with E-state index in [2.05, 4.69) is 47.8 Å². The average Bonchev–Trinajstić information content (AvgIpc) is 1.85. The summed E-state index contributed by atoms with van der Waals surface area (Å²) < 4.78 is -1.34. The number of hydrogen-bond donors (Lipinski definition) is 3. The first-order chi connectivity index (χ1) is 5.23. The third kappa shape index (κ3) is 3.23. The zero-order chi connectivity index (χ0) is 9.99. The Morgan fingerprint density at radius 3 is 1.92 bits per heavy atom. The largest absolute Gasteiger partial charge is 0.342 e. The van der Waals surface area contributed by atoms with Gasteiger partial charge < -0.3 is 15.3 Å². The Morgan fingerprint density at radius 2 is 1.67 bits per heavy atom. The minimum absolute atomic E-state index is 0.282. The Hall–Kier alpha value is 1.32. The molecule has 0 heterocycles. The maximum absolute atomic E-state index is 8.93. The molecule has 6 heteroatoms. The summed E-state index contributed by atoms with van der Waals surface area (Å²) in [6, 6.07) is 0. The molecule has 0 bridgehead atoms. The average molecular weight is 371 g/mol. The molecule has 0 saturated heterocycles. The van der Waals surface area contributed by atoms with Gasteiger partial charge in [-0.05, 0) is 6.42 Å². The fraction of sp³-hybridized carbons (Fsp3) is 1.00. The highest BCUT2D eigenvalue weighted by molar-refractivity contribution is 9.26. The molecule has 0 fully saturated rings. The fourth-order valence-corrected chi connectivity index (χ4v) is 1.87. The van der Waals surface area contributed by atoms with E-state index >= 15 is 0 Å². The lowest BCUT2D eigenvalue weighted by atomic mass is 10.2. The standard InChI is InChI=1S/C6H11Br3O3/c1-2-3-4(7)5(8,9)6(10,11)12/h4,10-12H,2-3H2,1H3. The van der Waals surface area contributed by atoms with Gasteiger partial charge in [0.25, 0.3) is 0 Å². The monoisotopic (exact) mass is 368 g/mol. The van der Waals surface area contributed by atoms with Crippen molar-refractivity contribution < 1.29 is 15.3 Å². The van der Waals surface area contributed by atoms with Gasteiger partial charge in [-0.1, -0.05) is 61.1 Å². The molecule has 3 N–H and O–H groups in total. The fourth-order valence-electron chi connectivity index (χ4n) is 0.645. The van der Waals surface area contributed by atoms with Crippen LogP contribution in [-0.2, 0) is 0 Å². The van der Waals surface area contributed by atoms with Gasteiger partial charge in [-0.3, -0.25) is 0 Å². The van der Waals surface area contributed by atoms with E-state index in [1.165, 1.54) is 0 Å². The first-order valence-electron chi connectivity index (χ1n) is 3.42. The Bertz CT molecular complexity index is 143. The van der Waals surface area contributed by atoms with Gasteiger partial charge in [-0.15, -0.1) is 0 Å². The SMILES string of the molecule is CCCC(Br)C(Br)(Br)C(O)(O)O. The molecule has 0 aliphatic carbocycles. The summed E-state index contributed by atoms with van der Waals surface area (Å²) in [5, 5.41) is 26.8. The van der Waals surface area contributed by atoms with E-state index in [1.807, 2.05) is 6.92 Å². The first-order valence-corrected chi connectivity index (χ1v) is 5.92. The summed E-state index contributed by atoms with van der Waals surface area (Å²) in [4.78, 5) is -0.282. The van der Waals surface area contributed by atoms with Crippen LogP contribution < -0.4 is 0 Å². The number of halogens is 3. The molecule has 0 aromatic carbocycles. The second kappa shape index (κ2) is 4.70. The summed E-state index contributed by atoms with van der Waals surface area (Å²) in [5.74, 6) is -2.80. The Balaban J connectivity index is 4.38. The van der Waals surface area contributed by atoms with Crippen molar-refractivity contribution in [3.63, 3.8) is 0 Å². The number of rotatable bonds is 4. The predicted octanol–water partition coefficient (Wildman–Crippen LogP) is 1.67. The normalized spacial score (nSPS) is 16.2. The van der Waals surface area contributed by atoms with Crippen LogP contribution in [0.25, 0.3) is 0 Å². The lowest BCUT2D eigenvalue weighted by Gasteiger charge is -2.33. The van der Waals surface area contributed by atoms with Crippen LogP contribution >= 0.6 is 47.8 Å². The predicted molar refractivity (Wildman–Crippen MR) is 57.6 cm³/mol. The summed E-state index contributed by atoms with van der Waals surface area (Å²) in [6.45, 7) is 1.96. The summed E-state index contributed by atoms with van der Waals surface area (Å²) in [5.41, 5.74) is 0. The summed E-state index contributed by atoms with van der Waals surface area (Å²) in [7, 11) is 0. The minimum atomic E-state index is -2.80. The van der Waals surface area contributed by atoms with E-state index < -0.39 is 9.21 Å². The summed E-state index contributed by atoms with van der Waals surface area (Å²) >= 11 is 9.20. The van der Waals surface area contributed by atoms with Crippen LogP contribution in [0.15, 0.2) is 0 Å². The Kier molecular flexibility index (Phi) is 5.22. The van der Waals surface area contributed by atoms with Crippen molar-refractivity contribution in [1.82, 2.24) is 0 Å². The maximum Gasteiger partial charge on any atom is 0.303 e. The molecule has 1 atom stereocenters. The highest BCUT2D eigenvalue weighted by Crippen LogP contribution is 2.43. The zero-order valence-corrected chi connectivity index (χ0v) is 11.2. The van der Waals surface area contributed by atoms with Crippen LogP contribution in [0.5, 0.6) is 0 Å². The van der Waals surface area contributed by atoms with Crippen molar-refractivity contribution in [3.05, 3.63) is 0 Å².